The second-order valence-corrected chi connectivity index (χ2v) is 12.3. The monoisotopic (exact) mass is 606 g/mol. The van der Waals surface area contributed by atoms with Gasteiger partial charge in [-0.2, -0.15) is 0 Å². The Morgan fingerprint density at radius 2 is 1.36 bits per heavy atom. The number of hydrogen-bond donors (Lipinski definition) is 2. The van der Waals surface area contributed by atoms with Gasteiger partial charge in [0.1, 0.15) is 0 Å². The Kier molecular flexibility index (Phi) is 8.25. The Morgan fingerprint density at radius 3 is 2.00 bits per heavy atom. The molecule has 0 spiro atoms. The maximum atomic E-state index is 8.15. The molecule has 0 fully saturated rings. The van der Waals surface area contributed by atoms with Crippen LogP contribution < -0.4 is 5.32 Å². The van der Waals surface area contributed by atoms with Crippen LogP contribution in [0.2, 0.25) is 0 Å². The minimum Gasteiger partial charge on any atom is -0.360 e. The molecule has 0 heterocycles. The molecule has 0 aliphatic heterocycles. The number of nitrogens with one attached hydrogen (secondary N) is 2. The van der Waals surface area contributed by atoms with Crippen molar-refractivity contribution in [2.45, 2.75) is 18.8 Å². The van der Waals surface area contributed by atoms with E-state index in [1.807, 2.05) is 18.4 Å². The van der Waals surface area contributed by atoms with Crippen molar-refractivity contribution in [3.8, 4) is 11.1 Å². The van der Waals surface area contributed by atoms with Crippen molar-refractivity contribution >= 4 is 23.0 Å². The molecule has 228 valence electrons. The van der Waals surface area contributed by atoms with Gasteiger partial charge in [-0.3, -0.25) is 0 Å². The molecule has 2 aliphatic carbocycles. The van der Waals surface area contributed by atoms with Gasteiger partial charge in [-0.15, -0.1) is 0 Å². The van der Waals surface area contributed by atoms with Gasteiger partial charge >= 0.3 is 0 Å². The Balaban J connectivity index is 1.54. The molecule has 0 radical (unpaired) electrons. The number of hydrogen-bond acceptors (Lipinski definition) is 2. The molecule has 1 atom stereocenters. The predicted molar refractivity (Wildman–Crippen MR) is 200 cm³/mol. The molecule has 2 N–H and O–H groups in total. The largest absolute Gasteiger partial charge is 0.360 e. The highest BCUT2D eigenvalue weighted by atomic mass is 14.9. The van der Waals surface area contributed by atoms with Crippen LogP contribution in [0.4, 0.5) is 5.69 Å². The number of anilines is 1. The van der Waals surface area contributed by atoms with Crippen molar-refractivity contribution in [3.63, 3.8) is 0 Å². The molecule has 5 aromatic rings. The van der Waals surface area contributed by atoms with E-state index >= 15 is 0 Å². The van der Waals surface area contributed by atoms with Gasteiger partial charge in [-0.1, -0.05) is 171 Å². The van der Waals surface area contributed by atoms with Gasteiger partial charge in [0.15, 0.2) is 0 Å². The van der Waals surface area contributed by atoms with Crippen LogP contribution in [-0.2, 0) is 5.41 Å². The van der Waals surface area contributed by atoms with E-state index in [-0.39, 0.29) is 0 Å². The molecular formula is C45H38N2. The molecule has 1 unspecified atom stereocenters. The molecule has 0 amide bonds. The highest BCUT2D eigenvalue weighted by Gasteiger charge is 2.48. The van der Waals surface area contributed by atoms with E-state index in [1.165, 1.54) is 61.9 Å². The zero-order valence-electron chi connectivity index (χ0n) is 26.7. The van der Waals surface area contributed by atoms with Crippen LogP contribution in [0.25, 0.3) is 22.3 Å². The summed E-state index contributed by atoms with van der Waals surface area (Å²) in [5, 5.41) is 11.9. The molecule has 0 aromatic heterocycles. The molecule has 2 nitrogen and oxygen atoms in total. The van der Waals surface area contributed by atoms with Gasteiger partial charge in [0, 0.05) is 29.1 Å². The number of allylic oxidation sites excluding steroid dienone is 8. The average molecular weight is 607 g/mol. The molecule has 7 rings (SSSR count). The lowest BCUT2D eigenvalue weighted by molar-refractivity contribution is 0.764. The summed E-state index contributed by atoms with van der Waals surface area (Å²) in [7, 11) is 0. The van der Waals surface area contributed by atoms with Crippen LogP contribution >= 0.6 is 0 Å². The first-order valence-corrected chi connectivity index (χ1v) is 16.3. The van der Waals surface area contributed by atoms with Crippen LogP contribution in [-0.4, -0.2) is 6.21 Å². The van der Waals surface area contributed by atoms with Crippen molar-refractivity contribution in [1.82, 2.24) is 0 Å². The third-order valence-corrected chi connectivity index (χ3v) is 9.56. The summed E-state index contributed by atoms with van der Waals surface area (Å²) in [6, 6.07) is 46.0. The van der Waals surface area contributed by atoms with Crippen molar-refractivity contribution in [3.05, 3.63) is 210 Å². The average Bonchev–Trinajstić information content (AvgIpc) is 3.44. The molecule has 47 heavy (non-hydrogen) atoms. The summed E-state index contributed by atoms with van der Waals surface area (Å²) in [4.78, 5) is 0. The second-order valence-electron chi connectivity index (χ2n) is 12.3. The predicted octanol–water partition coefficient (Wildman–Crippen LogP) is 11.2. The lowest BCUT2D eigenvalue weighted by Gasteiger charge is -2.36. The summed E-state index contributed by atoms with van der Waals surface area (Å²) < 4.78 is 0. The van der Waals surface area contributed by atoms with Gasteiger partial charge in [-0.05, 0) is 56.9 Å². The lowest BCUT2D eigenvalue weighted by atomic mass is 9.66. The Hall–Kier alpha value is -5.73. The Bertz CT molecular complexity index is 2020. The van der Waals surface area contributed by atoms with Gasteiger partial charge in [-0.25, -0.2) is 0 Å². The fraction of sp³-hybridized carbons (Fsp3) is 0.0889. The maximum Gasteiger partial charge on any atom is 0.0734 e. The fourth-order valence-electron chi connectivity index (χ4n) is 7.50. The molecule has 2 heteroatoms. The highest BCUT2D eigenvalue weighted by molar-refractivity contribution is 5.96. The molecule has 5 aromatic carbocycles. The summed E-state index contributed by atoms with van der Waals surface area (Å²) in [5.41, 5.74) is 13.8. The Labute approximate surface area is 278 Å². The molecule has 0 saturated carbocycles. The number of fused-ring (bicyclic) bond motifs is 3. The van der Waals surface area contributed by atoms with E-state index in [4.69, 9.17) is 5.41 Å². The molecule has 0 saturated heterocycles. The van der Waals surface area contributed by atoms with E-state index in [9.17, 15) is 0 Å². The van der Waals surface area contributed by atoms with E-state index in [0.717, 1.165) is 17.7 Å². The third-order valence-electron chi connectivity index (χ3n) is 9.56. The lowest BCUT2D eigenvalue weighted by Crippen LogP contribution is -2.29. The van der Waals surface area contributed by atoms with Crippen molar-refractivity contribution in [1.29, 1.82) is 5.41 Å². The van der Waals surface area contributed by atoms with Crippen LogP contribution in [0.1, 0.15) is 46.7 Å². The zero-order chi connectivity index (χ0) is 32.2. The Morgan fingerprint density at radius 1 is 0.745 bits per heavy atom. The van der Waals surface area contributed by atoms with Gasteiger partial charge in [0.2, 0.25) is 0 Å². The zero-order valence-corrected chi connectivity index (χ0v) is 26.7. The van der Waals surface area contributed by atoms with Gasteiger partial charge in [0.25, 0.3) is 0 Å². The first-order chi connectivity index (χ1) is 23.2. The van der Waals surface area contributed by atoms with Crippen molar-refractivity contribution < 1.29 is 0 Å². The summed E-state index contributed by atoms with van der Waals surface area (Å²) in [6.45, 7) is 6.16. The topological polar surface area (TPSA) is 35.9 Å². The quantitative estimate of drug-likeness (QED) is 0.125. The smallest absolute Gasteiger partial charge is 0.0734 e. The number of rotatable bonds is 9. The summed E-state index contributed by atoms with van der Waals surface area (Å²) in [5.74, 6) is 0.354. The minimum absolute atomic E-state index is 0.354. The van der Waals surface area contributed by atoms with Crippen molar-refractivity contribution in [2.75, 3.05) is 5.32 Å². The number of benzene rings is 5. The molecule has 2 aliphatic rings. The second kappa shape index (κ2) is 12.9. The van der Waals surface area contributed by atoms with Crippen LogP contribution in [0.3, 0.4) is 0 Å². The van der Waals surface area contributed by atoms with E-state index in [2.05, 4.69) is 158 Å². The normalized spacial score (nSPS) is 16.5. The first kappa shape index (κ1) is 30.0. The molecular weight excluding hydrogens is 569 g/mol. The SMILES string of the molecule is C=C/C=C\C(C=N)=C/Nc1c(C2=CC=C(c3ccccc3)C(C)C2)ccc2c1C(c1ccccc1)(c1ccccc1)c1ccccc1-2. The summed E-state index contributed by atoms with van der Waals surface area (Å²) >= 11 is 0. The van der Waals surface area contributed by atoms with E-state index in [0.29, 0.717) is 5.92 Å². The summed E-state index contributed by atoms with van der Waals surface area (Å²) in [6.07, 6.45) is 14.4. The van der Waals surface area contributed by atoms with Gasteiger partial charge < -0.3 is 10.7 Å². The standard InChI is InChI=1S/C45H38N2/c1-3-4-16-33(30-46)31-47-44-39(35-25-26-38(32(2)29-35)34-17-8-5-9-18-34)27-28-41-40-23-14-15-24-42(40)45(43(41)44,36-19-10-6-11-20-36)37-21-12-7-13-22-37/h3-28,30-32,46-47H,1,29H2,2H3/b16-4-,33-31+,46-30?. The fourth-order valence-corrected chi connectivity index (χ4v) is 7.50. The van der Waals surface area contributed by atoms with Crippen molar-refractivity contribution in [2.24, 2.45) is 5.92 Å². The van der Waals surface area contributed by atoms with Crippen LogP contribution in [0.5, 0.6) is 0 Å². The maximum absolute atomic E-state index is 8.15. The van der Waals surface area contributed by atoms with Gasteiger partial charge in [0.05, 0.1) is 11.1 Å². The molecule has 0 bridgehead atoms. The minimum atomic E-state index is -0.561. The third kappa shape index (κ3) is 5.22. The van der Waals surface area contributed by atoms with Crippen LogP contribution in [0, 0.1) is 11.3 Å². The van der Waals surface area contributed by atoms with E-state index in [1.54, 1.807) is 6.08 Å². The highest BCUT2D eigenvalue weighted by Crippen LogP contribution is 2.59. The van der Waals surface area contributed by atoms with E-state index < -0.39 is 5.41 Å². The first-order valence-electron chi connectivity index (χ1n) is 16.3. The van der Waals surface area contributed by atoms with Crippen LogP contribution in [0.15, 0.2) is 176 Å².